The Hall–Kier alpha value is -1.75. The molecule has 1 N–H and O–H groups in total. The Kier molecular flexibility index (Phi) is 2.67. The largest absolute Gasteiger partial charge is 0.491 e. The molecule has 1 heterocycles. The number of aryl methyl sites for hydroxylation is 2. The third-order valence-corrected chi connectivity index (χ3v) is 4.04. The van der Waals surface area contributed by atoms with Crippen LogP contribution in [0.5, 0.6) is 5.75 Å². The van der Waals surface area contributed by atoms with E-state index in [4.69, 9.17) is 4.74 Å². The van der Waals surface area contributed by atoms with Crippen LogP contribution in [0.4, 0.5) is 0 Å². The summed E-state index contributed by atoms with van der Waals surface area (Å²) in [5, 5.41) is 10.0. The van der Waals surface area contributed by atoms with Crippen LogP contribution in [-0.4, -0.2) is 26.4 Å². The Morgan fingerprint density at radius 3 is 2.58 bits per heavy atom. The van der Waals surface area contributed by atoms with Gasteiger partial charge in [0.05, 0.1) is 16.6 Å². The van der Waals surface area contributed by atoms with E-state index in [0.29, 0.717) is 12.4 Å². The Morgan fingerprint density at radius 1 is 1.26 bits per heavy atom. The number of aliphatic hydroxyl groups is 1. The molecular weight excluding hydrogens is 244 g/mol. The van der Waals surface area contributed by atoms with Crippen LogP contribution in [0, 0.1) is 0 Å². The fourth-order valence-electron chi connectivity index (χ4n) is 2.52. The highest BCUT2D eigenvalue weighted by Gasteiger charge is 2.35. The molecular formula is C14H18N2O3. The summed E-state index contributed by atoms with van der Waals surface area (Å²) in [5.41, 5.74) is 1.01. The van der Waals surface area contributed by atoms with Crippen molar-refractivity contribution in [3.63, 3.8) is 0 Å². The van der Waals surface area contributed by atoms with E-state index in [1.165, 1.54) is 0 Å². The summed E-state index contributed by atoms with van der Waals surface area (Å²) in [7, 11) is 3.50. The summed E-state index contributed by atoms with van der Waals surface area (Å²) in [5.74, 6) is 0.689. The van der Waals surface area contributed by atoms with Crippen molar-refractivity contribution in [2.24, 2.45) is 14.1 Å². The van der Waals surface area contributed by atoms with Crippen LogP contribution in [0.2, 0.25) is 0 Å². The van der Waals surface area contributed by atoms with Gasteiger partial charge < -0.3 is 9.84 Å². The second kappa shape index (κ2) is 4.13. The number of hydrogen-bond donors (Lipinski definition) is 1. The molecule has 0 atom stereocenters. The van der Waals surface area contributed by atoms with Crippen LogP contribution in [-0.2, 0) is 14.1 Å². The second-order valence-electron chi connectivity index (χ2n) is 5.42. The monoisotopic (exact) mass is 262 g/mol. The normalized spacial score (nSPS) is 17.4. The van der Waals surface area contributed by atoms with Crippen LogP contribution in [0.3, 0.4) is 0 Å². The predicted molar refractivity (Wildman–Crippen MR) is 72.5 cm³/mol. The fraction of sp³-hybridized carbons (Fsp3) is 0.500. The Bertz CT molecular complexity index is 680. The Balaban J connectivity index is 1.89. The van der Waals surface area contributed by atoms with Crippen LogP contribution >= 0.6 is 0 Å². The minimum absolute atomic E-state index is 0.0511. The lowest BCUT2D eigenvalue weighted by atomic mass is 9.81. The molecule has 1 aliphatic rings. The third kappa shape index (κ3) is 1.94. The molecule has 1 aromatic carbocycles. The number of fused-ring (bicyclic) bond motifs is 1. The highest BCUT2D eigenvalue weighted by molar-refractivity contribution is 5.77. The first-order valence-electron chi connectivity index (χ1n) is 6.51. The average molecular weight is 262 g/mol. The molecule has 1 saturated carbocycles. The number of rotatable bonds is 3. The first kappa shape index (κ1) is 12.3. The lowest BCUT2D eigenvalue weighted by Gasteiger charge is -2.35. The van der Waals surface area contributed by atoms with Crippen molar-refractivity contribution in [1.82, 2.24) is 9.13 Å². The molecule has 0 unspecified atom stereocenters. The molecule has 1 aliphatic carbocycles. The van der Waals surface area contributed by atoms with Gasteiger partial charge in [-0.25, -0.2) is 4.79 Å². The first-order chi connectivity index (χ1) is 9.00. The van der Waals surface area contributed by atoms with E-state index in [1.807, 2.05) is 18.2 Å². The van der Waals surface area contributed by atoms with E-state index in [0.717, 1.165) is 30.3 Å². The van der Waals surface area contributed by atoms with E-state index in [2.05, 4.69) is 0 Å². The maximum absolute atomic E-state index is 11.8. The van der Waals surface area contributed by atoms with E-state index < -0.39 is 5.60 Å². The van der Waals surface area contributed by atoms with Gasteiger partial charge in [0.25, 0.3) is 0 Å². The molecule has 0 radical (unpaired) electrons. The Labute approximate surface area is 111 Å². The van der Waals surface area contributed by atoms with Gasteiger partial charge in [0.2, 0.25) is 0 Å². The molecule has 2 aromatic rings. The van der Waals surface area contributed by atoms with Gasteiger partial charge in [-0.05, 0) is 31.4 Å². The molecule has 5 nitrogen and oxygen atoms in total. The lowest BCUT2D eigenvalue weighted by molar-refractivity contribution is -0.0663. The fourth-order valence-corrected chi connectivity index (χ4v) is 2.52. The highest BCUT2D eigenvalue weighted by atomic mass is 16.5. The van der Waals surface area contributed by atoms with Crippen LogP contribution in [0.15, 0.2) is 23.0 Å². The van der Waals surface area contributed by atoms with Crippen LogP contribution < -0.4 is 10.4 Å². The molecule has 102 valence electrons. The number of hydrogen-bond acceptors (Lipinski definition) is 3. The van der Waals surface area contributed by atoms with Gasteiger partial charge in [-0.1, -0.05) is 0 Å². The van der Waals surface area contributed by atoms with Crippen molar-refractivity contribution in [1.29, 1.82) is 0 Å². The summed E-state index contributed by atoms with van der Waals surface area (Å²) in [6.45, 7) is 0.319. The molecule has 0 bridgehead atoms. The zero-order chi connectivity index (χ0) is 13.6. The molecule has 5 heteroatoms. The quantitative estimate of drug-likeness (QED) is 0.903. The number of imidazole rings is 1. The van der Waals surface area contributed by atoms with Gasteiger partial charge in [0.15, 0.2) is 0 Å². The number of aromatic nitrogens is 2. The first-order valence-corrected chi connectivity index (χ1v) is 6.51. The van der Waals surface area contributed by atoms with Gasteiger partial charge in [-0.2, -0.15) is 0 Å². The van der Waals surface area contributed by atoms with Crippen molar-refractivity contribution in [2.75, 3.05) is 6.61 Å². The standard InChI is InChI=1S/C14H18N2O3/c1-15-11-5-4-10(8-12(11)16(2)13(15)17)19-9-14(18)6-3-7-14/h4-5,8,18H,3,6-7,9H2,1-2H3. The summed E-state index contributed by atoms with van der Waals surface area (Å²) in [6, 6.07) is 5.56. The van der Waals surface area contributed by atoms with Crippen LogP contribution in [0.1, 0.15) is 19.3 Å². The zero-order valence-corrected chi connectivity index (χ0v) is 11.2. The summed E-state index contributed by atoms with van der Waals surface area (Å²) < 4.78 is 8.86. The smallest absolute Gasteiger partial charge is 0.328 e. The Morgan fingerprint density at radius 2 is 1.95 bits per heavy atom. The van der Waals surface area contributed by atoms with E-state index in [-0.39, 0.29) is 5.69 Å². The summed E-state index contributed by atoms with van der Waals surface area (Å²) in [6.07, 6.45) is 2.67. The molecule has 3 rings (SSSR count). The molecule has 0 aliphatic heterocycles. The average Bonchev–Trinajstić information content (AvgIpc) is 2.59. The molecule has 1 fully saturated rings. The summed E-state index contributed by atoms with van der Waals surface area (Å²) >= 11 is 0. The van der Waals surface area contributed by atoms with Gasteiger partial charge >= 0.3 is 5.69 Å². The SMILES string of the molecule is Cn1c(=O)n(C)c2cc(OCC3(O)CCC3)ccc21. The molecule has 1 aromatic heterocycles. The topological polar surface area (TPSA) is 56.4 Å². The van der Waals surface area contributed by atoms with E-state index >= 15 is 0 Å². The lowest BCUT2D eigenvalue weighted by Crippen LogP contribution is -2.42. The maximum Gasteiger partial charge on any atom is 0.328 e. The van der Waals surface area contributed by atoms with Crippen molar-refractivity contribution < 1.29 is 9.84 Å². The van der Waals surface area contributed by atoms with Crippen molar-refractivity contribution in [3.8, 4) is 5.75 Å². The van der Waals surface area contributed by atoms with Gasteiger partial charge in [0, 0.05) is 20.2 Å². The van der Waals surface area contributed by atoms with Crippen molar-refractivity contribution >= 4 is 11.0 Å². The third-order valence-electron chi connectivity index (χ3n) is 4.04. The number of benzene rings is 1. The minimum atomic E-state index is -0.655. The van der Waals surface area contributed by atoms with Crippen molar-refractivity contribution in [3.05, 3.63) is 28.7 Å². The van der Waals surface area contributed by atoms with E-state index in [1.54, 1.807) is 23.2 Å². The van der Waals surface area contributed by atoms with E-state index in [9.17, 15) is 9.90 Å². The zero-order valence-electron chi connectivity index (χ0n) is 11.2. The number of ether oxygens (including phenoxy) is 1. The van der Waals surface area contributed by atoms with Gasteiger partial charge in [0.1, 0.15) is 12.4 Å². The second-order valence-corrected chi connectivity index (χ2v) is 5.42. The molecule has 0 spiro atoms. The van der Waals surface area contributed by atoms with Crippen molar-refractivity contribution in [2.45, 2.75) is 24.9 Å². The number of nitrogens with zero attached hydrogens (tertiary/aromatic N) is 2. The molecule has 19 heavy (non-hydrogen) atoms. The molecule has 0 saturated heterocycles. The molecule has 0 amide bonds. The predicted octanol–water partition coefficient (Wildman–Crippen LogP) is 1.17. The maximum atomic E-state index is 11.8. The van der Waals surface area contributed by atoms with Gasteiger partial charge in [-0.15, -0.1) is 0 Å². The van der Waals surface area contributed by atoms with Gasteiger partial charge in [-0.3, -0.25) is 9.13 Å². The minimum Gasteiger partial charge on any atom is -0.491 e. The highest BCUT2D eigenvalue weighted by Crippen LogP contribution is 2.32. The summed E-state index contributed by atoms with van der Waals surface area (Å²) in [4.78, 5) is 11.8. The van der Waals surface area contributed by atoms with Crippen LogP contribution in [0.25, 0.3) is 11.0 Å².